The first-order valence-electron chi connectivity index (χ1n) is 4.69. The summed E-state index contributed by atoms with van der Waals surface area (Å²) in [5.41, 5.74) is 0. The molecule has 0 amide bonds. The summed E-state index contributed by atoms with van der Waals surface area (Å²) in [6.07, 6.45) is 0. The van der Waals surface area contributed by atoms with E-state index in [2.05, 4.69) is 10.1 Å². The Morgan fingerprint density at radius 3 is 1.75 bits per heavy atom. The molecule has 1 saturated heterocycles. The maximum atomic E-state index is 5.01. The fraction of sp³-hybridized carbons (Fsp3) is 1.00. The Balaban J connectivity index is 0. The zero-order valence-electron chi connectivity index (χ0n) is 8.85. The van der Waals surface area contributed by atoms with Gasteiger partial charge in [-0.15, -0.1) is 0 Å². The summed E-state index contributed by atoms with van der Waals surface area (Å²) in [5, 5.41) is 3.16. The summed E-state index contributed by atoms with van der Waals surface area (Å²) in [6, 6.07) is 0. The number of hydrogen-bond donors (Lipinski definition) is 1. The third-order valence-corrected chi connectivity index (χ3v) is 1.14. The molecule has 3 nitrogen and oxygen atoms in total. The number of ether oxygens (including phenoxy) is 2. The van der Waals surface area contributed by atoms with Crippen LogP contribution in [0.2, 0.25) is 0 Å². The lowest BCUT2D eigenvalue weighted by molar-refractivity contribution is 0.109. The molecule has 1 N–H and O–H groups in total. The van der Waals surface area contributed by atoms with E-state index in [0.717, 1.165) is 32.9 Å². The average molecular weight is 177 g/mol. The molecular weight excluding hydrogens is 154 g/mol. The summed E-state index contributed by atoms with van der Waals surface area (Å²) < 4.78 is 9.55. The second-order valence-corrected chi connectivity index (χ2v) is 1.94. The predicted octanol–water partition coefficient (Wildman–Crippen LogP) is 1.29. The minimum absolute atomic E-state index is 0.819. The van der Waals surface area contributed by atoms with Crippen molar-refractivity contribution in [1.82, 2.24) is 5.32 Å². The van der Waals surface area contributed by atoms with Gasteiger partial charge in [0.1, 0.15) is 0 Å². The zero-order valence-corrected chi connectivity index (χ0v) is 8.85. The smallest absolute Gasteiger partial charge is 0.0591 e. The molecule has 0 aromatic heterocycles. The van der Waals surface area contributed by atoms with Crippen molar-refractivity contribution in [2.75, 3.05) is 40.0 Å². The number of methoxy groups -OCH3 is 1. The van der Waals surface area contributed by atoms with Gasteiger partial charge in [0, 0.05) is 26.8 Å². The van der Waals surface area contributed by atoms with Crippen molar-refractivity contribution in [1.29, 1.82) is 0 Å². The molecule has 0 saturated carbocycles. The quantitative estimate of drug-likeness (QED) is 0.654. The fourth-order valence-electron chi connectivity index (χ4n) is 0.516. The van der Waals surface area contributed by atoms with Crippen molar-refractivity contribution in [3.05, 3.63) is 0 Å². The monoisotopic (exact) mass is 177 g/mol. The topological polar surface area (TPSA) is 30.5 Å². The fourth-order valence-corrected chi connectivity index (χ4v) is 0.516. The van der Waals surface area contributed by atoms with Gasteiger partial charge in [-0.3, -0.25) is 0 Å². The van der Waals surface area contributed by atoms with E-state index in [1.54, 1.807) is 7.11 Å². The van der Waals surface area contributed by atoms with Crippen LogP contribution in [-0.2, 0) is 9.47 Å². The van der Waals surface area contributed by atoms with E-state index in [1.807, 2.05) is 20.8 Å². The SMILES string of the molecule is C1COCCN1.CC.CCOC. The lowest BCUT2D eigenvalue weighted by Crippen LogP contribution is -2.30. The lowest BCUT2D eigenvalue weighted by Gasteiger charge is -2.10. The van der Waals surface area contributed by atoms with Gasteiger partial charge in [0.25, 0.3) is 0 Å². The Hall–Kier alpha value is -0.120. The first-order chi connectivity index (χ1) is 5.91. The highest BCUT2D eigenvalue weighted by Crippen LogP contribution is 1.76. The highest BCUT2D eigenvalue weighted by Gasteiger charge is 1.92. The number of morpholine rings is 1. The average Bonchev–Trinajstić information content (AvgIpc) is 2.24. The molecule has 0 atom stereocenters. The molecular formula is C9H23NO2. The Morgan fingerprint density at radius 2 is 1.67 bits per heavy atom. The van der Waals surface area contributed by atoms with Crippen molar-refractivity contribution >= 4 is 0 Å². The molecule has 1 rings (SSSR count). The predicted molar refractivity (Wildman–Crippen MR) is 52.6 cm³/mol. The summed E-state index contributed by atoms with van der Waals surface area (Å²) in [7, 11) is 1.68. The van der Waals surface area contributed by atoms with Crippen LogP contribution in [0.3, 0.4) is 0 Å². The van der Waals surface area contributed by atoms with E-state index in [1.165, 1.54) is 0 Å². The van der Waals surface area contributed by atoms with E-state index >= 15 is 0 Å². The third-order valence-electron chi connectivity index (χ3n) is 1.14. The van der Waals surface area contributed by atoms with Gasteiger partial charge in [0.15, 0.2) is 0 Å². The van der Waals surface area contributed by atoms with E-state index in [4.69, 9.17) is 4.74 Å². The molecule has 0 unspecified atom stereocenters. The molecule has 0 aromatic rings. The molecule has 12 heavy (non-hydrogen) atoms. The molecule has 0 bridgehead atoms. The van der Waals surface area contributed by atoms with Crippen molar-refractivity contribution in [2.24, 2.45) is 0 Å². The van der Waals surface area contributed by atoms with Gasteiger partial charge in [-0.2, -0.15) is 0 Å². The minimum Gasteiger partial charge on any atom is -0.385 e. The van der Waals surface area contributed by atoms with Crippen molar-refractivity contribution in [3.63, 3.8) is 0 Å². The van der Waals surface area contributed by atoms with Gasteiger partial charge in [-0.1, -0.05) is 13.8 Å². The van der Waals surface area contributed by atoms with Crippen molar-refractivity contribution in [3.8, 4) is 0 Å². The number of rotatable bonds is 1. The molecule has 0 spiro atoms. The molecule has 0 aliphatic carbocycles. The van der Waals surface area contributed by atoms with Gasteiger partial charge >= 0.3 is 0 Å². The molecule has 0 aromatic carbocycles. The van der Waals surface area contributed by atoms with Crippen LogP contribution in [0.15, 0.2) is 0 Å². The number of nitrogens with one attached hydrogen (secondary N) is 1. The zero-order chi connectivity index (χ0) is 9.66. The van der Waals surface area contributed by atoms with Crippen LogP contribution in [0, 0.1) is 0 Å². The molecule has 1 aliphatic rings. The van der Waals surface area contributed by atoms with Gasteiger partial charge in [-0.25, -0.2) is 0 Å². The van der Waals surface area contributed by atoms with Gasteiger partial charge in [0.05, 0.1) is 13.2 Å². The minimum atomic E-state index is 0.819. The Labute approximate surface area is 76.4 Å². The Kier molecular flexibility index (Phi) is 20.5. The van der Waals surface area contributed by atoms with Crippen molar-refractivity contribution < 1.29 is 9.47 Å². The molecule has 76 valence electrons. The third kappa shape index (κ3) is 16.5. The molecule has 1 aliphatic heterocycles. The largest absolute Gasteiger partial charge is 0.385 e. The number of hydrogen-bond acceptors (Lipinski definition) is 3. The first-order valence-corrected chi connectivity index (χ1v) is 4.69. The van der Waals surface area contributed by atoms with E-state index in [0.29, 0.717) is 0 Å². The summed E-state index contributed by atoms with van der Waals surface area (Å²) >= 11 is 0. The summed E-state index contributed by atoms with van der Waals surface area (Å²) in [4.78, 5) is 0. The second kappa shape index (κ2) is 17.1. The summed E-state index contributed by atoms with van der Waals surface area (Å²) in [5.74, 6) is 0. The van der Waals surface area contributed by atoms with E-state index in [-0.39, 0.29) is 0 Å². The Bertz CT molecular complexity index is 43.0. The van der Waals surface area contributed by atoms with Crippen LogP contribution in [-0.4, -0.2) is 40.0 Å². The van der Waals surface area contributed by atoms with E-state index in [9.17, 15) is 0 Å². The van der Waals surface area contributed by atoms with Crippen LogP contribution in [0.5, 0.6) is 0 Å². The van der Waals surface area contributed by atoms with Crippen LogP contribution in [0.1, 0.15) is 20.8 Å². The molecule has 1 heterocycles. The maximum Gasteiger partial charge on any atom is 0.0591 e. The van der Waals surface area contributed by atoms with Crippen LogP contribution < -0.4 is 5.32 Å². The maximum absolute atomic E-state index is 5.01. The Morgan fingerprint density at radius 1 is 1.25 bits per heavy atom. The first kappa shape index (κ1) is 14.4. The highest BCUT2D eigenvalue weighted by atomic mass is 16.5. The second-order valence-electron chi connectivity index (χ2n) is 1.94. The lowest BCUT2D eigenvalue weighted by atomic mass is 10.5. The summed E-state index contributed by atoms with van der Waals surface area (Å²) in [6.45, 7) is 10.6. The molecule has 0 radical (unpaired) electrons. The van der Waals surface area contributed by atoms with Gasteiger partial charge in [0.2, 0.25) is 0 Å². The standard InChI is InChI=1S/C4H9NO.C3H8O.C2H6/c1-3-6-4-2-5-1;1-3-4-2;1-2/h5H,1-4H2;3H2,1-2H3;1-2H3. The van der Waals surface area contributed by atoms with Crippen LogP contribution >= 0.6 is 0 Å². The van der Waals surface area contributed by atoms with Crippen LogP contribution in [0.25, 0.3) is 0 Å². The normalized spacial score (nSPS) is 15.0. The van der Waals surface area contributed by atoms with Gasteiger partial charge in [-0.05, 0) is 6.92 Å². The van der Waals surface area contributed by atoms with Crippen LogP contribution in [0.4, 0.5) is 0 Å². The van der Waals surface area contributed by atoms with Gasteiger partial charge < -0.3 is 14.8 Å². The highest BCUT2D eigenvalue weighted by molar-refractivity contribution is 4.49. The molecule has 1 fully saturated rings. The van der Waals surface area contributed by atoms with E-state index < -0.39 is 0 Å². The van der Waals surface area contributed by atoms with Crippen molar-refractivity contribution in [2.45, 2.75) is 20.8 Å². The molecule has 3 heteroatoms.